The van der Waals surface area contributed by atoms with Crippen LogP contribution in [0.15, 0.2) is 10.6 Å². The maximum Gasteiger partial charge on any atom is 0.292 e. The standard InChI is InChI=1S/C11H17N3O2.ClH/c1-8-6-10(16-13-8)11(15)14-5-3-2-4-9(14)7-12;/h6,9H,2-5,7,12H2,1H3;1H. The van der Waals surface area contributed by atoms with Gasteiger partial charge in [-0.15, -0.1) is 12.4 Å². The maximum atomic E-state index is 12.1. The number of rotatable bonds is 2. The minimum Gasteiger partial charge on any atom is -0.351 e. The number of amides is 1. The lowest BCUT2D eigenvalue weighted by molar-refractivity contribution is 0.0581. The van der Waals surface area contributed by atoms with Crippen LogP contribution in [0.25, 0.3) is 0 Å². The largest absolute Gasteiger partial charge is 0.351 e. The first-order chi connectivity index (χ1) is 7.72. The fraction of sp³-hybridized carbons (Fsp3) is 0.636. The number of hydrogen-bond acceptors (Lipinski definition) is 4. The molecule has 1 saturated heterocycles. The van der Waals surface area contributed by atoms with Gasteiger partial charge in [-0.2, -0.15) is 0 Å². The highest BCUT2D eigenvalue weighted by Gasteiger charge is 2.28. The second-order valence-electron chi connectivity index (χ2n) is 4.22. The zero-order chi connectivity index (χ0) is 11.5. The van der Waals surface area contributed by atoms with E-state index in [-0.39, 0.29) is 24.4 Å². The lowest BCUT2D eigenvalue weighted by Crippen LogP contribution is -2.47. The molecule has 5 nitrogen and oxygen atoms in total. The average molecular weight is 260 g/mol. The van der Waals surface area contributed by atoms with Crippen molar-refractivity contribution in [3.63, 3.8) is 0 Å². The Hall–Kier alpha value is -1.07. The number of nitrogens with two attached hydrogens (primary N) is 1. The van der Waals surface area contributed by atoms with Gasteiger partial charge in [0, 0.05) is 25.2 Å². The van der Waals surface area contributed by atoms with Crippen molar-refractivity contribution >= 4 is 18.3 Å². The Balaban J connectivity index is 0.00000144. The van der Waals surface area contributed by atoms with E-state index in [1.165, 1.54) is 0 Å². The van der Waals surface area contributed by atoms with Gasteiger partial charge in [-0.3, -0.25) is 4.79 Å². The van der Waals surface area contributed by atoms with Crippen LogP contribution in [0.5, 0.6) is 0 Å². The first-order valence-electron chi connectivity index (χ1n) is 5.66. The molecule has 1 unspecified atom stereocenters. The van der Waals surface area contributed by atoms with E-state index in [2.05, 4.69) is 5.16 Å². The summed E-state index contributed by atoms with van der Waals surface area (Å²) in [6.07, 6.45) is 3.16. The zero-order valence-electron chi connectivity index (χ0n) is 9.89. The van der Waals surface area contributed by atoms with Crippen molar-refractivity contribution < 1.29 is 9.32 Å². The van der Waals surface area contributed by atoms with Crippen LogP contribution >= 0.6 is 12.4 Å². The topological polar surface area (TPSA) is 72.4 Å². The Morgan fingerprint density at radius 3 is 3.00 bits per heavy atom. The smallest absolute Gasteiger partial charge is 0.292 e. The number of nitrogens with zero attached hydrogens (tertiary/aromatic N) is 2. The van der Waals surface area contributed by atoms with Gasteiger partial charge in [0.15, 0.2) is 0 Å². The SMILES string of the molecule is Cc1cc(C(=O)N2CCCCC2CN)on1.Cl. The van der Waals surface area contributed by atoms with Crippen LogP contribution < -0.4 is 5.73 Å². The number of aryl methyl sites for hydroxylation is 1. The lowest BCUT2D eigenvalue weighted by atomic mass is 10.0. The van der Waals surface area contributed by atoms with Crippen molar-refractivity contribution in [1.29, 1.82) is 0 Å². The van der Waals surface area contributed by atoms with E-state index >= 15 is 0 Å². The molecule has 0 saturated carbocycles. The van der Waals surface area contributed by atoms with E-state index in [0.717, 1.165) is 31.5 Å². The van der Waals surface area contributed by atoms with Gasteiger partial charge in [-0.05, 0) is 26.2 Å². The summed E-state index contributed by atoms with van der Waals surface area (Å²) in [4.78, 5) is 13.9. The van der Waals surface area contributed by atoms with E-state index in [1.54, 1.807) is 13.0 Å². The van der Waals surface area contributed by atoms with Gasteiger partial charge in [0.25, 0.3) is 5.91 Å². The molecule has 1 aromatic rings. The highest BCUT2D eigenvalue weighted by Crippen LogP contribution is 2.19. The van der Waals surface area contributed by atoms with Crippen LogP contribution in [0.3, 0.4) is 0 Å². The molecule has 1 atom stereocenters. The Bertz CT molecular complexity index is 381. The van der Waals surface area contributed by atoms with Gasteiger partial charge < -0.3 is 15.2 Å². The van der Waals surface area contributed by atoms with Gasteiger partial charge in [0.05, 0.1) is 5.69 Å². The van der Waals surface area contributed by atoms with Gasteiger partial charge >= 0.3 is 0 Å². The summed E-state index contributed by atoms with van der Waals surface area (Å²) >= 11 is 0. The third kappa shape index (κ3) is 2.98. The first-order valence-corrected chi connectivity index (χ1v) is 5.66. The summed E-state index contributed by atoms with van der Waals surface area (Å²) in [5.41, 5.74) is 6.40. The summed E-state index contributed by atoms with van der Waals surface area (Å²) in [6, 6.07) is 1.82. The molecule has 0 aliphatic carbocycles. The van der Waals surface area contributed by atoms with Crippen molar-refractivity contribution in [2.24, 2.45) is 5.73 Å². The predicted molar refractivity (Wildman–Crippen MR) is 66.2 cm³/mol. The summed E-state index contributed by atoms with van der Waals surface area (Å²) in [6.45, 7) is 3.08. The number of hydrogen-bond donors (Lipinski definition) is 1. The van der Waals surface area contributed by atoms with Crippen LogP contribution in [0.1, 0.15) is 35.5 Å². The molecule has 2 N–H and O–H groups in total. The Kier molecular flexibility index (Phi) is 4.96. The van der Waals surface area contributed by atoms with Crippen molar-refractivity contribution in [2.45, 2.75) is 32.2 Å². The molecule has 1 aliphatic rings. The Morgan fingerprint density at radius 1 is 1.65 bits per heavy atom. The van der Waals surface area contributed by atoms with Crippen molar-refractivity contribution in [1.82, 2.24) is 10.1 Å². The number of carbonyl (C=O) groups is 1. The molecule has 1 fully saturated rings. The van der Waals surface area contributed by atoms with Crippen LogP contribution in [0.4, 0.5) is 0 Å². The molecule has 0 aromatic carbocycles. The minimum atomic E-state index is -0.0873. The molecular formula is C11H18ClN3O2. The number of carbonyl (C=O) groups excluding carboxylic acids is 1. The summed E-state index contributed by atoms with van der Waals surface area (Å²) < 4.78 is 4.99. The number of piperidine rings is 1. The third-order valence-corrected chi connectivity index (χ3v) is 3.00. The molecule has 0 bridgehead atoms. The van der Waals surface area contributed by atoms with Crippen molar-refractivity contribution in [3.8, 4) is 0 Å². The maximum absolute atomic E-state index is 12.1. The first kappa shape index (κ1) is 14.0. The molecule has 6 heteroatoms. The van der Waals surface area contributed by atoms with Crippen molar-refractivity contribution in [2.75, 3.05) is 13.1 Å². The van der Waals surface area contributed by atoms with Crippen LogP contribution in [-0.2, 0) is 0 Å². The molecular weight excluding hydrogens is 242 g/mol. The van der Waals surface area contributed by atoms with E-state index in [1.807, 2.05) is 4.90 Å². The fourth-order valence-electron chi connectivity index (χ4n) is 2.12. The van der Waals surface area contributed by atoms with E-state index in [0.29, 0.717) is 12.3 Å². The zero-order valence-corrected chi connectivity index (χ0v) is 10.7. The summed E-state index contributed by atoms with van der Waals surface area (Å²) in [7, 11) is 0. The van der Waals surface area contributed by atoms with Crippen LogP contribution in [-0.4, -0.2) is 35.1 Å². The van der Waals surface area contributed by atoms with E-state index in [9.17, 15) is 4.79 Å². The second kappa shape index (κ2) is 6.02. The van der Waals surface area contributed by atoms with Crippen LogP contribution in [0, 0.1) is 6.92 Å². The lowest BCUT2D eigenvalue weighted by Gasteiger charge is -2.34. The van der Waals surface area contributed by atoms with Gasteiger partial charge in [0.2, 0.25) is 5.76 Å². The Morgan fingerprint density at radius 2 is 2.41 bits per heavy atom. The molecule has 2 rings (SSSR count). The Labute approximate surface area is 107 Å². The molecule has 1 amide bonds. The molecule has 2 heterocycles. The number of aromatic nitrogens is 1. The molecule has 96 valence electrons. The van der Waals surface area contributed by atoms with Crippen LogP contribution in [0.2, 0.25) is 0 Å². The molecule has 0 spiro atoms. The number of halogens is 1. The van der Waals surface area contributed by atoms with E-state index < -0.39 is 0 Å². The van der Waals surface area contributed by atoms with E-state index in [4.69, 9.17) is 10.3 Å². The highest BCUT2D eigenvalue weighted by atomic mass is 35.5. The van der Waals surface area contributed by atoms with Gasteiger partial charge in [0.1, 0.15) is 0 Å². The predicted octanol–water partition coefficient (Wildman–Crippen LogP) is 1.36. The van der Waals surface area contributed by atoms with Gasteiger partial charge in [-0.25, -0.2) is 0 Å². The molecule has 1 aromatic heterocycles. The average Bonchev–Trinajstić information content (AvgIpc) is 2.75. The van der Waals surface area contributed by atoms with Gasteiger partial charge in [-0.1, -0.05) is 5.16 Å². The fourth-order valence-corrected chi connectivity index (χ4v) is 2.12. The minimum absolute atomic E-state index is 0. The summed E-state index contributed by atoms with van der Waals surface area (Å²) in [5.74, 6) is 0.230. The highest BCUT2D eigenvalue weighted by molar-refractivity contribution is 5.91. The second-order valence-corrected chi connectivity index (χ2v) is 4.22. The summed E-state index contributed by atoms with van der Waals surface area (Å²) in [5, 5.41) is 3.73. The molecule has 17 heavy (non-hydrogen) atoms. The third-order valence-electron chi connectivity index (χ3n) is 3.00. The monoisotopic (exact) mass is 259 g/mol. The molecule has 0 radical (unpaired) electrons. The molecule has 1 aliphatic heterocycles. The number of likely N-dealkylation sites (tertiary alicyclic amines) is 1. The van der Waals surface area contributed by atoms with Crippen molar-refractivity contribution in [3.05, 3.63) is 17.5 Å². The normalized spacial score (nSPS) is 19.9. The quantitative estimate of drug-likeness (QED) is 0.870.